The molecule has 0 atom stereocenters. The highest BCUT2D eigenvalue weighted by Gasteiger charge is 2.38. The highest BCUT2D eigenvalue weighted by molar-refractivity contribution is 4.88. The third-order valence-corrected chi connectivity index (χ3v) is 3.90. The Hall–Kier alpha value is -0.120. The summed E-state index contributed by atoms with van der Waals surface area (Å²) in [4.78, 5) is 0. The summed E-state index contributed by atoms with van der Waals surface area (Å²) in [6.45, 7) is 4.81. The molecule has 0 bridgehead atoms. The van der Waals surface area contributed by atoms with E-state index in [1.165, 1.54) is 12.8 Å². The fourth-order valence-electron chi connectivity index (χ4n) is 2.71. The Labute approximate surface area is 98.8 Å². The van der Waals surface area contributed by atoms with Gasteiger partial charge in [0.05, 0.1) is 19.3 Å². The van der Waals surface area contributed by atoms with Crippen molar-refractivity contribution in [1.82, 2.24) is 0 Å². The molecular formula is C13H26O3. The van der Waals surface area contributed by atoms with Gasteiger partial charge >= 0.3 is 0 Å². The molecule has 0 aromatic rings. The van der Waals surface area contributed by atoms with Gasteiger partial charge in [0.15, 0.2) is 0 Å². The van der Waals surface area contributed by atoms with Crippen molar-refractivity contribution in [3.05, 3.63) is 0 Å². The molecule has 0 aliphatic heterocycles. The van der Waals surface area contributed by atoms with Crippen LogP contribution in [-0.2, 0) is 4.74 Å². The van der Waals surface area contributed by atoms with Crippen LogP contribution in [0.4, 0.5) is 0 Å². The molecule has 3 nitrogen and oxygen atoms in total. The first-order valence-electron chi connectivity index (χ1n) is 6.48. The molecule has 2 N–H and O–H groups in total. The second-order valence-electron chi connectivity index (χ2n) is 5.33. The molecular weight excluding hydrogens is 204 g/mol. The molecule has 0 heterocycles. The molecule has 0 radical (unpaired) electrons. The lowest BCUT2D eigenvalue weighted by molar-refractivity contribution is -0.0325. The van der Waals surface area contributed by atoms with Crippen LogP contribution >= 0.6 is 0 Å². The van der Waals surface area contributed by atoms with Crippen LogP contribution in [0.5, 0.6) is 0 Å². The highest BCUT2D eigenvalue weighted by atomic mass is 16.5. The van der Waals surface area contributed by atoms with Crippen molar-refractivity contribution in [3.8, 4) is 0 Å². The van der Waals surface area contributed by atoms with Gasteiger partial charge in [-0.15, -0.1) is 0 Å². The molecule has 3 heteroatoms. The minimum Gasteiger partial charge on any atom is -0.396 e. The van der Waals surface area contributed by atoms with Crippen LogP contribution in [0.1, 0.15) is 46.0 Å². The maximum absolute atomic E-state index is 9.59. The van der Waals surface area contributed by atoms with Crippen LogP contribution in [-0.4, -0.2) is 36.1 Å². The molecule has 1 fully saturated rings. The number of hydrogen-bond donors (Lipinski definition) is 2. The largest absolute Gasteiger partial charge is 0.396 e. The van der Waals surface area contributed by atoms with Gasteiger partial charge in [0.25, 0.3) is 0 Å². The highest BCUT2D eigenvalue weighted by Crippen LogP contribution is 2.41. The van der Waals surface area contributed by atoms with E-state index in [1.807, 2.05) is 13.8 Å². The van der Waals surface area contributed by atoms with Gasteiger partial charge in [-0.2, -0.15) is 0 Å². The number of rotatable bonds is 7. The quantitative estimate of drug-likeness (QED) is 0.703. The molecule has 0 spiro atoms. The summed E-state index contributed by atoms with van der Waals surface area (Å²) in [5.74, 6) is 0.471. The van der Waals surface area contributed by atoms with Crippen LogP contribution < -0.4 is 0 Å². The van der Waals surface area contributed by atoms with Gasteiger partial charge in [0.1, 0.15) is 0 Å². The van der Waals surface area contributed by atoms with Gasteiger partial charge in [0.2, 0.25) is 0 Å². The average molecular weight is 230 g/mol. The first-order valence-corrected chi connectivity index (χ1v) is 6.48. The Morgan fingerprint density at radius 1 is 1.19 bits per heavy atom. The van der Waals surface area contributed by atoms with Crippen LogP contribution in [0, 0.1) is 11.3 Å². The van der Waals surface area contributed by atoms with Gasteiger partial charge in [-0.3, -0.25) is 0 Å². The normalized spacial score (nSPS) is 18.6. The number of aliphatic hydroxyl groups excluding tert-OH is 2. The zero-order chi connectivity index (χ0) is 12.0. The summed E-state index contributed by atoms with van der Waals surface area (Å²) in [7, 11) is 0. The fourth-order valence-corrected chi connectivity index (χ4v) is 2.71. The van der Waals surface area contributed by atoms with Crippen LogP contribution in [0.3, 0.4) is 0 Å². The number of aliphatic hydroxyl groups is 2. The average Bonchev–Trinajstić information content (AvgIpc) is 2.78. The molecule has 0 amide bonds. The molecule has 16 heavy (non-hydrogen) atoms. The lowest BCUT2D eigenvalue weighted by Gasteiger charge is -2.36. The van der Waals surface area contributed by atoms with E-state index in [4.69, 9.17) is 4.74 Å². The molecule has 1 aliphatic rings. The number of ether oxygens (including phenoxy) is 1. The third-order valence-electron chi connectivity index (χ3n) is 3.90. The van der Waals surface area contributed by atoms with E-state index in [0.717, 1.165) is 19.3 Å². The summed E-state index contributed by atoms with van der Waals surface area (Å²) in [5.41, 5.74) is -0.314. The molecule has 0 unspecified atom stereocenters. The Morgan fingerprint density at radius 3 is 2.19 bits per heavy atom. The monoisotopic (exact) mass is 230 g/mol. The molecule has 1 rings (SSSR count). The first-order chi connectivity index (χ1) is 7.64. The van der Waals surface area contributed by atoms with Gasteiger partial charge in [-0.05, 0) is 39.0 Å². The van der Waals surface area contributed by atoms with E-state index in [-0.39, 0.29) is 24.7 Å². The predicted molar refractivity (Wildman–Crippen MR) is 64.3 cm³/mol. The molecule has 0 aromatic carbocycles. The van der Waals surface area contributed by atoms with Crippen molar-refractivity contribution in [2.45, 2.75) is 52.1 Å². The summed E-state index contributed by atoms with van der Waals surface area (Å²) < 4.78 is 5.54. The first kappa shape index (κ1) is 13.9. The van der Waals surface area contributed by atoms with Crippen molar-refractivity contribution < 1.29 is 14.9 Å². The van der Waals surface area contributed by atoms with Crippen molar-refractivity contribution >= 4 is 0 Å². The lowest BCUT2D eigenvalue weighted by Crippen LogP contribution is -2.38. The van der Waals surface area contributed by atoms with E-state index in [1.54, 1.807) is 0 Å². The topological polar surface area (TPSA) is 49.7 Å². The van der Waals surface area contributed by atoms with E-state index in [9.17, 15) is 10.2 Å². The van der Waals surface area contributed by atoms with Crippen molar-refractivity contribution in [2.24, 2.45) is 11.3 Å². The zero-order valence-electron chi connectivity index (χ0n) is 10.6. The van der Waals surface area contributed by atoms with Crippen molar-refractivity contribution in [2.75, 3.05) is 19.8 Å². The smallest absolute Gasteiger partial charge is 0.0518 e. The van der Waals surface area contributed by atoms with Gasteiger partial charge < -0.3 is 14.9 Å². The maximum atomic E-state index is 9.59. The molecule has 0 aromatic heterocycles. The Kier molecular flexibility index (Phi) is 5.73. The number of hydrogen-bond acceptors (Lipinski definition) is 3. The summed E-state index contributed by atoms with van der Waals surface area (Å²) in [5, 5.41) is 19.2. The van der Waals surface area contributed by atoms with Crippen molar-refractivity contribution in [1.29, 1.82) is 0 Å². The minimum absolute atomic E-state index is 0.0790. The summed E-state index contributed by atoms with van der Waals surface area (Å²) >= 11 is 0. The van der Waals surface area contributed by atoms with Gasteiger partial charge in [-0.1, -0.05) is 12.8 Å². The van der Waals surface area contributed by atoms with E-state index in [0.29, 0.717) is 12.5 Å². The third kappa shape index (κ3) is 3.44. The fraction of sp³-hybridized carbons (Fsp3) is 1.00. The van der Waals surface area contributed by atoms with E-state index in [2.05, 4.69) is 0 Å². The molecule has 96 valence electrons. The van der Waals surface area contributed by atoms with E-state index < -0.39 is 0 Å². The molecule has 0 saturated heterocycles. The standard InChI is InChI=1S/C13H26O3/c1-11(2)16-8-7-13(9-14,10-15)12-5-3-4-6-12/h11-12,14-15H,3-10H2,1-2H3. The van der Waals surface area contributed by atoms with Gasteiger partial charge in [0, 0.05) is 12.0 Å². The van der Waals surface area contributed by atoms with Gasteiger partial charge in [-0.25, -0.2) is 0 Å². The lowest BCUT2D eigenvalue weighted by atomic mass is 9.73. The Morgan fingerprint density at radius 2 is 1.75 bits per heavy atom. The Bertz CT molecular complexity index is 182. The van der Waals surface area contributed by atoms with Crippen LogP contribution in [0.25, 0.3) is 0 Å². The Balaban J connectivity index is 2.49. The SMILES string of the molecule is CC(C)OCCC(CO)(CO)C1CCCC1. The van der Waals surface area contributed by atoms with Crippen molar-refractivity contribution in [3.63, 3.8) is 0 Å². The predicted octanol–water partition coefficient (Wildman–Crippen LogP) is 1.96. The zero-order valence-corrected chi connectivity index (χ0v) is 10.6. The maximum Gasteiger partial charge on any atom is 0.0518 e. The summed E-state index contributed by atoms with van der Waals surface area (Å²) in [6.07, 6.45) is 5.74. The second kappa shape index (κ2) is 6.58. The second-order valence-corrected chi connectivity index (χ2v) is 5.33. The van der Waals surface area contributed by atoms with E-state index >= 15 is 0 Å². The summed E-state index contributed by atoms with van der Waals surface area (Å²) in [6, 6.07) is 0. The minimum atomic E-state index is -0.314. The van der Waals surface area contributed by atoms with Crippen LogP contribution in [0.15, 0.2) is 0 Å². The van der Waals surface area contributed by atoms with Crippen LogP contribution in [0.2, 0.25) is 0 Å². The molecule has 1 saturated carbocycles. The molecule has 1 aliphatic carbocycles.